The van der Waals surface area contributed by atoms with Crippen LogP contribution in [0.1, 0.15) is 22.4 Å². The lowest BCUT2D eigenvalue weighted by Gasteiger charge is -2.21. The van der Waals surface area contributed by atoms with Crippen LogP contribution in [0.4, 0.5) is 11.4 Å². The normalized spacial score (nSPS) is 14.2. The number of hydrogen-bond donors (Lipinski definition) is 1. The molecule has 2 heterocycles. The van der Waals surface area contributed by atoms with Crippen LogP contribution in [-0.4, -0.2) is 24.1 Å². The van der Waals surface area contributed by atoms with Crippen molar-refractivity contribution in [3.05, 3.63) is 44.1 Å². The Morgan fingerprint density at radius 1 is 1.33 bits per heavy atom. The lowest BCUT2D eigenvalue weighted by molar-refractivity contribution is -0.121. The summed E-state index contributed by atoms with van der Waals surface area (Å²) in [6.07, 6.45) is 0.132. The van der Waals surface area contributed by atoms with Gasteiger partial charge in [0.1, 0.15) is 6.54 Å². The van der Waals surface area contributed by atoms with Crippen LogP contribution < -0.4 is 10.6 Å². The first kappa shape index (κ1) is 16.9. The van der Waals surface area contributed by atoms with Gasteiger partial charge in [-0.1, -0.05) is 0 Å². The number of carbonyl (C=O) groups excluding carboxylic acids is 2. The van der Waals surface area contributed by atoms with E-state index in [1.807, 2.05) is 38.1 Å². The van der Waals surface area contributed by atoms with Crippen LogP contribution in [0.25, 0.3) is 0 Å². The first-order chi connectivity index (χ1) is 11.3. The third-order valence-electron chi connectivity index (χ3n) is 3.93. The van der Waals surface area contributed by atoms with E-state index in [9.17, 15) is 9.59 Å². The van der Waals surface area contributed by atoms with E-state index in [-0.39, 0.29) is 18.9 Å². The Hall–Kier alpha value is -1.99. The van der Waals surface area contributed by atoms with Gasteiger partial charge in [-0.05, 0) is 65.2 Å². The summed E-state index contributed by atoms with van der Waals surface area (Å²) in [5, 5.41) is 0. The van der Waals surface area contributed by atoms with Crippen molar-refractivity contribution in [2.24, 2.45) is 10.7 Å². The number of carbonyl (C=O) groups is 2. The van der Waals surface area contributed by atoms with Crippen LogP contribution in [-0.2, 0) is 9.59 Å². The molecule has 24 heavy (non-hydrogen) atoms. The van der Waals surface area contributed by atoms with Crippen LogP contribution in [0.5, 0.6) is 0 Å². The average molecular weight is 406 g/mol. The zero-order valence-corrected chi connectivity index (χ0v) is 15.7. The predicted octanol–water partition coefficient (Wildman–Crippen LogP) is 3.47. The first-order valence-corrected chi connectivity index (χ1v) is 8.99. The molecule has 0 aliphatic carbocycles. The summed E-state index contributed by atoms with van der Waals surface area (Å²) in [5.74, 6) is -0.728. The Labute approximate surface area is 152 Å². The van der Waals surface area contributed by atoms with Crippen LogP contribution in [0.2, 0.25) is 0 Å². The molecule has 0 fully saturated rings. The smallest absolute Gasteiger partial charge is 0.237 e. The lowest BCUT2D eigenvalue weighted by Crippen LogP contribution is -2.38. The Bertz CT molecular complexity index is 873. The molecular formula is C17H16BrN3O2S. The summed E-state index contributed by atoms with van der Waals surface area (Å²) in [5.41, 5.74) is 9.47. The summed E-state index contributed by atoms with van der Waals surface area (Å²) in [4.78, 5) is 31.2. The lowest BCUT2D eigenvalue weighted by atomic mass is 10.1. The first-order valence-electron chi connectivity index (χ1n) is 7.38. The molecule has 3 rings (SSSR count). The van der Waals surface area contributed by atoms with E-state index < -0.39 is 5.91 Å². The molecule has 0 unspecified atom stereocenters. The number of anilines is 1. The molecule has 0 radical (unpaired) electrons. The fourth-order valence-corrected chi connectivity index (χ4v) is 3.96. The van der Waals surface area contributed by atoms with E-state index in [1.54, 1.807) is 0 Å². The van der Waals surface area contributed by atoms with Crippen LogP contribution in [0.3, 0.4) is 0 Å². The Balaban J connectivity index is 2.16. The van der Waals surface area contributed by atoms with E-state index in [4.69, 9.17) is 10.7 Å². The van der Waals surface area contributed by atoms with Gasteiger partial charge in [-0.3, -0.25) is 9.59 Å². The third-order valence-corrected chi connectivity index (χ3v) is 5.60. The molecule has 0 saturated heterocycles. The molecule has 0 saturated carbocycles. The number of fused-ring (bicyclic) bond motifs is 1. The highest BCUT2D eigenvalue weighted by Crippen LogP contribution is 2.36. The summed E-state index contributed by atoms with van der Waals surface area (Å²) >= 11 is 4.96. The number of amides is 2. The molecule has 0 bridgehead atoms. The largest absolute Gasteiger partial charge is 0.368 e. The van der Waals surface area contributed by atoms with Crippen molar-refractivity contribution in [1.29, 1.82) is 0 Å². The number of aryl methyl sites for hydroxylation is 2. The van der Waals surface area contributed by atoms with Gasteiger partial charge in [-0.2, -0.15) is 0 Å². The van der Waals surface area contributed by atoms with Crippen molar-refractivity contribution in [3.8, 4) is 0 Å². The van der Waals surface area contributed by atoms with Gasteiger partial charge >= 0.3 is 0 Å². The highest BCUT2D eigenvalue weighted by molar-refractivity contribution is 9.11. The molecule has 7 heteroatoms. The Morgan fingerprint density at radius 3 is 2.67 bits per heavy atom. The van der Waals surface area contributed by atoms with Crippen molar-refractivity contribution in [2.75, 3.05) is 11.4 Å². The third kappa shape index (κ3) is 3.27. The van der Waals surface area contributed by atoms with Gasteiger partial charge in [0.25, 0.3) is 0 Å². The highest BCUT2D eigenvalue weighted by atomic mass is 79.9. The zero-order valence-electron chi connectivity index (χ0n) is 13.3. The van der Waals surface area contributed by atoms with Gasteiger partial charge in [0, 0.05) is 0 Å². The van der Waals surface area contributed by atoms with Crippen molar-refractivity contribution in [1.82, 2.24) is 0 Å². The summed E-state index contributed by atoms with van der Waals surface area (Å²) < 4.78 is 0.978. The van der Waals surface area contributed by atoms with E-state index in [1.165, 1.54) is 16.2 Å². The van der Waals surface area contributed by atoms with Crippen molar-refractivity contribution >= 4 is 56.2 Å². The molecule has 1 aromatic carbocycles. The maximum Gasteiger partial charge on any atom is 0.237 e. The number of thiophene rings is 1. The van der Waals surface area contributed by atoms with Gasteiger partial charge in [0.15, 0.2) is 0 Å². The van der Waals surface area contributed by atoms with E-state index >= 15 is 0 Å². The number of hydrogen-bond acceptors (Lipinski definition) is 4. The predicted molar refractivity (Wildman–Crippen MR) is 100 cm³/mol. The second kappa shape index (κ2) is 6.49. The molecule has 1 aliphatic rings. The number of rotatable bonds is 3. The molecule has 2 amide bonds. The van der Waals surface area contributed by atoms with Crippen molar-refractivity contribution < 1.29 is 9.59 Å². The molecule has 0 spiro atoms. The molecule has 1 aliphatic heterocycles. The Morgan fingerprint density at radius 2 is 2.04 bits per heavy atom. The number of primary amides is 1. The number of nitrogens with zero attached hydrogens (tertiary/aromatic N) is 2. The minimum atomic E-state index is -0.546. The maximum atomic E-state index is 12.7. The average Bonchev–Trinajstić information content (AvgIpc) is 2.89. The summed E-state index contributed by atoms with van der Waals surface area (Å²) in [7, 11) is 0. The van der Waals surface area contributed by atoms with E-state index in [0.717, 1.165) is 19.8 Å². The molecular weight excluding hydrogens is 390 g/mol. The molecule has 5 nitrogen and oxygen atoms in total. The van der Waals surface area contributed by atoms with Gasteiger partial charge in [-0.15, -0.1) is 11.3 Å². The fourth-order valence-electron chi connectivity index (χ4n) is 2.59. The second-order valence-electron chi connectivity index (χ2n) is 5.71. The molecule has 1 aromatic heterocycles. The second-order valence-corrected chi connectivity index (χ2v) is 8.17. The monoisotopic (exact) mass is 405 g/mol. The van der Waals surface area contributed by atoms with Crippen LogP contribution in [0.15, 0.2) is 33.0 Å². The number of benzene rings is 1. The summed E-state index contributed by atoms with van der Waals surface area (Å²) in [6.45, 7) is 3.82. The van der Waals surface area contributed by atoms with Gasteiger partial charge < -0.3 is 10.6 Å². The molecule has 124 valence electrons. The maximum absolute atomic E-state index is 12.7. The number of halogens is 1. The fraction of sp³-hybridized carbons (Fsp3) is 0.235. The van der Waals surface area contributed by atoms with Crippen LogP contribution in [0, 0.1) is 13.8 Å². The van der Waals surface area contributed by atoms with Gasteiger partial charge in [0.2, 0.25) is 11.8 Å². The zero-order chi connectivity index (χ0) is 17.4. The Kier molecular flexibility index (Phi) is 4.56. The molecule has 2 N–H and O–H groups in total. The number of nitrogens with two attached hydrogens (primary N) is 1. The topological polar surface area (TPSA) is 75.8 Å². The standard InChI is InChI=1S/C17H16BrN3O2S/c1-9-5-11-13(6-10(9)2)21(8-16(19)22)17(23)7-12(20-11)14-3-4-15(18)24-14/h3-6H,7-8H2,1-2H3,(H2,19,22). The van der Waals surface area contributed by atoms with E-state index in [0.29, 0.717) is 17.1 Å². The minimum Gasteiger partial charge on any atom is -0.368 e. The minimum absolute atomic E-state index is 0.132. The van der Waals surface area contributed by atoms with Crippen molar-refractivity contribution in [3.63, 3.8) is 0 Å². The van der Waals surface area contributed by atoms with E-state index in [2.05, 4.69) is 15.9 Å². The number of aliphatic imine (C=N–C) groups is 1. The highest BCUT2D eigenvalue weighted by Gasteiger charge is 2.27. The van der Waals surface area contributed by atoms with Crippen molar-refractivity contribution in [2.45, 2.75) is 20.3 Å². The molecule has 0 atom stereocenters. The van der Waals surface area contributed by atoms with Crippen LogP contribution >= 0.6 is 27.3 Å². The molecule has 2 aromatic rings. The summed E-state index contributed by atoms with van der Waals surface area (Å²) in [6, 6.07) is 7.70. The van der Waals surface area contributed by atoms with Gasteiger partial charge in [0.05, 0.1) is 32.2 Å². The SMILES string of the molecule is Cc1cc2c(cc1C)N(CC(N)=O)C(=O)CC(c1ccc(Br)s1)=N2. The van der Waals surface area contributed by atoms with Gasteiger partial charge in [-0.25, -0.2) is 4.99 Å². The quantitative estimate of drug-likeness (QED) is 0.848.